The third kappa shape index (κ3) is 4.27. The maximum Gasteiger partial charge on any atom is 0.225 e. The third-order valence-electron chi connectivity index (χ3n) is 5.23. The van der Waals surface area contributed by atoms with Crippen molar-refractivity contribution in [3.63, 3.8) is 0 Å². The average Bonchev–Trinajstić information content (AvgIpc) is 3.38. The van der Waals surface area contributed by atoms with E-state index in [2.05, 4.69) is 5.32 Å². The number of carbonyl (C=O) groups is 2. The topological polar surface area (TPSA) is 86.8 Å². The van der Waals surface area contributed by atoms with E-state index >= 15 is 0 Å². The van der Waals surface area contributed by atoms with Gasteiger partial charge in [-0.3, -0.25) is 9.59 Å². The monoisotopic (exact) mass is 357 g/mol. The highest BCUT2D eigenvalue weighted by Crippen LogP contribution is 2.32. The maximum absolute atomic E-state index is 12.6. The number of sulfonamides is 1. The molecule has 8 heteroatoms. The van der Waals surface area contributed by atoms with Crippen molar-refractivity contribution in [3.05, 3.63) is 0 Å². The van der Waals surface area contributed by atoms with Crippen molar-refractivity contribution >= 4 is 21.8 Å². The molecule has 2 amide bonds. The van der Waals surface area contributed by atoms with Crippen molar-refractivity contribution in [1.82, 2.24) is 14.5 Å². The van der Waals surface area contributed by atoms with Gasteiger partial charge in [0.15, 0.2) is 0 Å². The summed E-state index contributed by atoms with van der Waals surface area (Å²) in [6, 6.07) is -0.129. The van der Waals surface area contributed by atoms with Crippen LogP contribution in [0.25, 0.3) is 0 Å². The van der Waals surface area contributed by atoms with E-state index in [4.69, 9.17) is 0 Å². The van der Waals surface area contributed by atoms with Crippen molar-refractivity contribution in [2.45, 2.75) is 44.6 Å². The first-order valence-electron chi connectivity index (χ1n) is 8.89. The minimum atomic E-state index is -3.21. The summed E-state index contributed by atoms with van der Waals surface area (Å²) in [7, 11) is -3.21. The van der Waals surface area contributed by atoms with Crippen LogP contribution >= 0.6 is 0 Å². The number of amides is 2. The Morgan fingerprint density at radius 2 is 1.67 bits per heavy atom. The van der Waals surface area contributed by atoms with E-state index < -0.39 is 10.0 Å². The summed E-state index contributed by atoms with van der Waals surface area (Å²) >= 11 is 0. The number of likely N-dealkylation sites (tertiary alicyclic amines) is 1. The number of hydrogen-bond donors (Lipinski definition) is 1. The first-order chi connectivity index (χ1) is 11.3. The first-order valence-corrected chi connectivity index (χ1v) is 10.7. The van der Waals surface area contributed by atoms with Crippen LogP contribution in [0.5, 0.6) is 0 Å². The molecule has 0 bridgehead atoms. The Morgan fingerprint density at radius 1 is 0.958 bits per heavy atom. The smallest absolute Gasteiger partial charge is 0.225 e. The van der Waals surface area contributed by atoms with E-state index in [1.807, 2.05) is 4.90 Å². The predicted molar refractivity (Wildman–Crippen MR) is 89.6 cm³/mol. The molecule has 0 spiro atoms. The Balaban J connectivity index is 1.53. The third-order valence-corrected chi connectivity index (χ3v) is 6.50. The molecule has 1 saturated carbocycles. The lowest BCUT2D eigenvalue weighted by Gasteiger charge is -2.35. The van der Waals surface area contributed by atoms with Crippen LogP contribution in [0.1, 0.15) is 38.5 Å². The fourth-order valence-corrected chi connectivity index (χ4v) is 4.57. The Bertz CT molecular complexity index is 602. The molecule has 2 unspecified atom stereocenters. The lowest BCUT2D eigenvalue weighted by Crippen LogP contribution is -2.52. The van der Waals surface area contributed by atoms with Gasteiger partial charge in [-0.05, 0) is 38.5 Å². The fraction of sp³-hybridized carbons (Fsp3) is 0.875. The molecule has 0 aromatic heterocycles. The van der Waals surface area contributed by atoms with Crippen molar-refractivity contribution in [1.29, 1.82) is 0 Å². The van der Waals surface area contributed by atoms with Crippen LogP contribution in [-0.2, 0) is 19.6 Å². The van der Waals surface area contributed by atoms with Gasteiger partial charge in [0.1, 0.15) is 0 Å². The van der Waals surface area contributed by atoms with Gasteiger partial charge >= 0.3 is 0 Å². The quantitative estimate of drug-likeness (QED) is 0.777. The van der Waals surface area contributed by atoms with Crippen molar-refractivity contribution in [2.24, 2.45) is 11.8 Å². The van der Waals surface area contributed by atoms with Crippen LogP contribution in [-0.4, -0.2) is 67.9 Å². The minimum Gasteiger partial charge on any atom is -0.352 e. The van der Waals surface area contributed by atoms with Crippen molar-refractivity contribution < 1.29 is 18.0 Å². The number of nitrogens with zero attached hydrogens (tertiary/aromatic N) is 2. The van der Waals surface area contributed by atoms with E-state index in [1.165, 1.54) is 10.6 Å². The lowest BCUT2D eigenvalue weighted by molar-refractivity contribution is -0.137. The Labute approximate surface area is 143 Å². The summed E-state index contributed by atoms with van der Waals surface area (Å²) in [4.78, 5) is 26.6. The molecule has 0 radical (unpaired) electrons. The standard InChI is InChI=1S/C16H27N3O4S/c1-24(22,23)19-9-3-5-14(11-19)17-15(20)13-4-2-8-18(10-13)16(21)12-6-7-12/h12-14H,2-11H2,1H3,(H,17,20). The summed E-state index contributed by atoms with van der Waals surface area (Å²) in [5.74, 6) is 0.181. The zero-order chi connectivity index (χ0) is 17.3. The summed E-state index contributed by atoms with van der Waals surface area (Å²) in [5.41, 5.74) is 0. The molecule has 2 atom stereocenters. The molecule has 2 saturated heterocycles. The van der Waals surface area contributed by atoms with Gasteiger partial charge in [-0.25, -0.2) is 12.7 Å². The highest BCUT2D eigenvalue weighted by atomic mass is 32.2. The summed E-state index contributed by atoms with van der Waals surface area (Å²) < 4.78 is 24.8. The Morgan fingerprint density at radius 3 is 2.33 bits per heavy atom. The largest absolute Gasteiger partial charge is 0.352 e. The number of nitrogens with one attached hydrogen (secondary N) is 1. The van der Waals surface area contributed by atoms with Crippen molar-refractivity contribution in [3.8, 4) is 0 Å². The molecule has 0 aromatic carbocycles. The van der Waals surface area contributed by atoms with E-state index in [-0.39, 0.29) is 29.7 Å². The van der Waals surface area contributed by atoms with Crippen molar-refractivity contribution in [2.75, 3.05) is 32.4 Å². The van der Waals surface area contributed by atoms with E-state index in [1.54, 1.807) is 0 Å². The summed E-state index contributed by atoms with van der Waals surface area (Å²) in [6.45, 7) is 2.13. The molecule has 7 nitrogen and oxygen atoms in total. The molecule has 3 fully saturated rings. The van der Waals surface area contributed by atoms with Gasteiger partial charge in [0.05, 0.1) is 12.2 Å². The minimum absolute atomic E-state index is 0.0383. The van der Waals surface area contributed by atoms with Gasteiger partial charge in [0.25, 0.3) is 0 Å². The van der Waals surface area contributed by atoms with Crippen LogP contribution in [0.3, 0.4) is 0 Å². The summed E-state index contributed by atoms with van der Waals surface area (Å²) in [6.07, 6.45) is 6.38. The molecule has 3 rings (SSSR count). The van der Waals surface area contributed by atoms with Crippen LogP contribution < -0.4 is 5.32 Å². The van der Waals surface area contributed by atoms with E-state index in [0.29, 0.717) is 19.6 Å². The van der Waals surface area contributed by atoms with Crippen LogP contribution in [0.15, 0.2) is 0 Å². The normalized spacial score (nSPS) is 29.3. The van der Waals surface area contributed by atoms with Gasteiger partial charge in [-0.1, -0.05) is 0 Å². The predicted octanol–water partition coefficient (Wildman–Crippen LogP) is 0.175. The first kappa shape index (κ1) is 17.7. The Hall–Kier alpha value is -1.15. The lowest BCUT2D eigenvalue weighted by atomic mass is 9.95. The number of carbonyl (C=O) groups excluding carboxylic acids is 2. The SMILES string of the molecule is CS(=O)(=O)N1CCCC(NC(=O)C2CCCN(C(=O)C3CC3)C2)C1. The highest BCUT2D eigenvalue weighted by Gasteiger charge is 2.37. The summed E-state index contributed by atoms with van der Waals surface area (Å²) in [5, 5.41) is 3.01. The molecule has 24 heavy (non-hydrogen) atoms. The second-order valence-electron chi connectivity index (χ2n) is 7.37. The number of piperidine rings is 2. The van der Waals surface area contributed by atoms with Gasteiger partial charge in [-0.2, -0.15) is 0 Å². The van der Waals surface area contributed by atoms with E-state index in [0.717, 1.165) is 45.1 Å². The molecule has 0 aromatic rings. The maximum atomic E-state index is 12.6. The molecule has 1 aliphatic carbocycles. The Kier molecular flexibility index (Phi) is 5.15. The van der Waals surface area contributed by atoms with Crippen LogP contribution in [0.4, 0.5) is 0 Å². The molecule has 3 aliphatic rings. The van der Waals surface area contributed by atoms with Gasteiger partial charge in [0.2, 0.25) is 21.8 Å². The second kappa shape index (κ2) is 7.00. The molecular formula is C16H27N3O4S. The number of rotatable bonds is 4. The highest BCUT2D eigenvalue weighted by molar-refractivity contribution is 7.88. The molecule has 136 valence electrons. The molecule has 1 N–H and O–H groups in total. The molecule has 2 heterocycles. The zero-order valence-electron chi connectivity index (χ0n) is 14.2. The van der Waals surface area contributed by atoms with Gasteiger partial charge < -0.3 is 10.2 Å². The second-order valence-corrected chi connectivity index (χ2v) is 9.35. The van der Waals surface area contributed by atoms with Gasteiger partial charge in [-0.15, -0.1) is 0 Å². The zero-order valence-corrected chi connectivity index (χ0v) is 15.1. The number of hydrogen-bond acceptors (Lipinski definition) is 4. The van der Waals surface area contributed by atoms with Gasteiger partial charge in [0, 0.05) is 38.1 Å². The fourth-order valence-electron chi connectivity index (χ4n) is 3.66. The average molecular weight is 357 g/mol. The van der Waals surface area contributed by atoms with Crippen LogP contribution in [0.2, 0.25) is 0 Å². The molecule has 2 aliphatic heterocycles. The molecular weight excluding hydrogens is 330 g/mol. The van der Waals surface area contributed by atoms with Crippen LogP contribution in [0, 0.1) is 11.8 Å². The van der Waals surface area contributed by atoms with E-state index in [9.17, 15) is 18.0 Å².